The number of amides is 1. The van der Waals surface area contributed by atoms with Gasteiger partial charge in [0.15, 0.2) is 0 Å². The topological polar surface area (TPSA) is 83.6 Å². The summed E-state index contributed by atoms with van der Waals surface area (Å²) < 4.78 is 0. The Hall–Kier alpha value is -1.59. The van der Waals surface area contributed by atoms with Gasteiger partial charge >= 0.3 is 5.97 Å². The molecule has 5 nitrogen and oxygen atoms in total. The quantitative estimate of drug-likeness (QED) is 0.828. The van der Waals surface area contributed by atoms with Crippen LogP contribution < -0.4 is 10.6 Å². The number of rotatable bonds is 2. The summed E-state index contributed by atoms with van der Waals surface area (Å²) in [6.45, 7) is 0.319. The molecule has 6 heteroatoms. The minimum atomic E-state index is -1.15. The molecule has 1 aliphatic rings. The highest BCUT2D eigenvalue weighted by molar-refractivity contribution is 6.34. The molecule has 0 aliphatic carbocycles. The van der Waals surface area contributed by atoms with Crippen LogP contribution in [-0.4, -0.2) is 29.6 Å². The van der Waals surface area contributed by atoms with Crippen molar-refractivity contribution >= 4 is 29.2 Å². The van der Waals surface area contributed by atoms with Gasteiger partial charge in [0, 0.05) is 19.0 Å². The lowest BCUT2D eigenvalue weighted by atomic mass is 10.1. The molecule has 0 radical (unpaired) electrons. The lowest BCUT2D eigenvalue weighted by Gasteiger charge is -2.18. The number of carbonyl (C=O) groups is 2. The zero-order chi connectivity index (χ0) is 12.6. The molecule has 1 heterocycles. The van der Waals surface area contributed by atoms with E-state index < -0.39 is 5.97 Å². The van der Waals surface area contributed by atoms with Crippen molar-refractivity contribution < 1.29 is 14.7 Å². The molecule has 2 rings (SSSR count). The molecule has 0 aromatic heterocycles. The molecule has 0 bridgehead atoms. The van der Waals surface area contributed by atoms with Gasteiger partial charge < -0.3 is 15.7 Å². The molecule has 1 saturated heterocycles. The van der Waals surface area contributed by atoms with Crippen molar-refractivity contribution in [2.45, 2.75) is 12.5 Å². The standard InChI is InChI=1S/C11H11ClN2O3/c12-7-2-1-3-8(10(7)11(16)17)14-5-6(13)4-9(14)15/h1-3,6H,4-5,13H2,(H,16,17). The summed E-state index contributed by atoms with van der Waals surface area (Å²) >= 11 is 5.84. The first-order valence-corrected chi connectivity index (χ1v) is 5.46. The lowest BCUT2D eigenvalue weighted by molar-refractivity contribution is -0.117. The Labute approximate surface area is 103 Å². The van der Waals surface area contributed by atoms with Crippen molar-refractivity contribution in [3.8, 4) is 0 Å². The monoisotopic (exact) mass is 254 g/mol. The van der Waals surface area contributed by atoms with Crippen LogP contribution in [0.3, 0.4) is 0 Å². The second-order valence-electron chi connectivity index (χ2n) is 3.91. The van der Waals surface area contributed by atoms with Crippen molar-refractivity contribution in [3.63, 3.8) is 0 Å². The first-order valence-electron chi connectivity index (χ1n) is 5.08. The van der Waals surface area contributed by atoms with Crippen LogP contribution >= 0.6 is 11.6 Å². The SMILES string of the molecule is NC1CC(=O)N(c2cccc(Cl)c2C(=O)O)C1. The highest BCUT2D eigenvalue weighted by Gasteiger charge is 2.31. The van der Waals surface area contributed by atoms with E-state index in [1.807, 2.05) is 0 Å². The number of nitrogens with two attached hydrogens (primary N) is 1. The van der Waals surface area contributed by atoms with Gasteiger partial charge in [0.2, 0.25) is 5.91 Å². The van der Waals surface area contributed by atoms with E-state index in [0.717, 1.165) is 0 Å². The molecule has 1 aromatic carbocycles. The van der Waals surface area contributed by atoms with Gasteiger partial charge in [-0.05, 0) is 12.1 Å². The maximum atomic E-state index is 11.7. The van der Waals surface area contributed by atoms with Gasteiger partial charge in [-0.2, -0.15) is 0 Å². The number of aromatic carboxylic acids is 1. The van der Waals surface area contributed by atoms with Crippen molar-refractivity contribution in [1.82, 2.24) is 0 Å². The number of carbonyl (C=O) groups excluding carboxylic acids is 1. The largest absolute Gasteiger partial charge is 0.478 e. The smallest absolute Gasteiger partial charge is 0.339 e. The highest BCUT2D eigenvalue weighted by atomic mass is 35.5. The third kappa shape index (κ3) is 2.11. The van der Waals surface area contributed by atoms with Crippen LogP contribution in [0.5, 0.6) is 0 Å². The third-order valence-electron chi connectivity index (χ3n) is 2.65. The third-order valence-corrected chi connectivity index (χ3v) is 2.97. The molecule has 90 valence electrons. The number of hydrogen-bond donors (Lipinski definition) is 2. The maximum absolute atomic E-state index is 11.7. The van der Waals surface area contributed by atoms with Gasteiger partial charge in [-0.3, -0.25) is 4.79 Å². The van der Waals surface area contributed by atoms with Gasteiger partial charge in [0.25, 0.3) is 0 Å². The van der Waals surface area contributed by atoms with E-state index in [4.69, 9.17) is 22.4 Å². The Balaban J connectivity index is 2.49. The fourth-order valence-electron chi connectivity index (χ4n) is 1.92. The van der Waals surface area contributed by atoms with Crippen molar-refractivity contribution in [1.29, 1.82) is 0 Å². The zero-order valence-electron chi connectivity index (χ0n) is 8.89. The van der Waals surface area contributed by atoms with Crippen molar-refractivity contribution in [3.05, 3.63) is 28.8 Å². The molecule has 1 aromatic rings. The van der Waals surface area contributed by atoms with E-state index in [1.165, 1.54) is 11.0 Å². The fraction of sp³-hybridized carbons (Fsp3) is 0.273. The average Bonchev–Trinajstić information content (AvgIpc) is 2.56. The molecule has 1 aliphatic heterocycles. The summed E-state index contributed by atoms with van der Waals surface area (Å²) in [7, 11) is 0. The summed E-state index contributed by atoms with van der Waals surface area (Å²) in [5.41, 5.74) is 5.92. The number of benzene rings is 1. The van der Waals surface area contributed by atoms with Crippen LogP contribution in [0.4, 0.5) is 5.69 Å². The summed E-state index contributed by atoms with van der Waals surface area (Å²) in [5, 5.41) is 9.22. The second-order valence-corrected chi connectivity index (χ2v) is 4.31. The predicted molar refractivity (Wildman–Crippen MR) is 63.4 cm³/mol. The zero-order valence-corrected chi connectivity index (χ0v) is 9.65. The number of hydrogen-bond acceptors (Lipinski definition) is 3. The number of halogens is 1. The van der Waals surface area contributed by atoms with Crippen LogP contribution in [0.1, 0.15) is 16.8 Å². The summed E-state index contributed by atoms with van der Waals surface area (Å²) in [4.78, 5) is 24.2. The van der Waals surface area contributed by atoms with Gasteiger partial charge in [-0.25, -0.2) is 4.79 Å². The Morgan fingerprint density at radius 3 is 2.76 bits per heavy atom. The number of nitrogens with zero attached hydrogens (tertiary/aromatic N) is 1. The Kier molecular flexibility index (Phi) is 3.04. The van der Waals surface area contributed by atoms with Gasteiger partial charge in [-0.15, -0.1) is 0 Å². The normalized spacial score (nSPS) is 19.8. The molecule has 3 N–H and O–H groups in total. The summed E-state index contributed by atoms with van der Waals surface area (Å²) in [6.07, 6.45) is 0.228. The van der Waals surface area contributed by atoms with E-state index >= 15 is 0 Å². The van der Waals surface area contributed by atoms with Crippen LogP contribution in [0.2, 0.25) is 5.02 Å². The molecular formula is C11H11ClN2O3. The van der Waals surface area contributed by atoms with Crippen LogP contribution in [-0.2, 0) is 4.79 Å². The average molecular weight is 255 g/mol. The minimum absolute atomic E-state index is 0.0587. The van der Waals surface area contributed by atoms with Crippen LogP contribution in [0, 0.1) is 0 Å². The van der Waals surface area contributed by atoms with Gasteiger partial charge in [-0.1, -0.05) is 17.7 Å². The van der Waals surface area contributed by atoms with Crippen LogP contribution in [0.15, 0.2) is 18.2 Å². The maximum Gasteiger partial charge on any atom is 0.339 e. The highest BCUT2D eigenvalue weighted by Crippen LogP contribution is 2.30. The van der Waals surface area contributed by atoms with E-state index in [0.29, 0.717) is 12.2 Å². The molecule has 0 saturated carbocycles. The molecule has 0 spiro atoms. The first-order chi connectivity index (χ1) is 8.00. The van der Waals surface area contributed by atoms with Crippen LogP contribution in [0.25, 0.3) is 0 Å². The molecule has 1 unspecified atom stereocenters. The molecule has 17 heavy (non-hydrogen) atoms. The number of carboxylic acids is 1. The van der Waals surface area contributed by atoms with E-state index in [-0.39, 0.29) is 29.0 Å². The van der Waals surface area contributed by atoms with E-state index in [9.17, 15) is 9.59 Å². The molecule has 1 fully saturated rings. The molecule has 1 atom stereocenters. The molecular weight excluding hydrogens is 244 g/mol. The Bertz CT molecular complexity index is 490. The molecule has 1 amide bonds. The lowest BCUT2D eigenvalue weighted by Crippen LogP contribution is -2.29. The van der Waals surface area contributed by atoms with Crippen molar-refractivity contribution in [2.24, 2.45) is 5.73 Å². The predicted octanol–water partition coefficient (Wildman–Crippen LogP) is 1.10. The Morgan fingerprint density at radius 2 is 2.24 bits per heavy atom. The van der Waals surface area contributed by atoms with Crippen molar-refractivity contribution in [2.75, 3.05) is 11.4 Å². The number of carboxylic acid groups (broad SMARTS) is 1. The second kappa shape index (κ2) is 4.35. The number of anilines is 1. The van der Waals surface area contributed by atoms with E-state index in [2.05, 4.69) is 0 Å². The summed E-state index contributed by atoms with van der Waals surface area (Å²) in [5.74, 6) is -1.33. The van der Waals surface area contributed by atoms with E-state index in [1.54, 1.807) is 12.1 Å². The minimum Gasteiger partial charge on any atom is -0.478 e. The van der Waals surface area contributed by atoms with Gasteiger partial charge in [0.1, 0.15) is 5.56 Å². The Morgan fingerprint density at radius 1 is 1.53 bits per heavy atom. The summed E-state index contributed by atoms with van der Waals surface area (Å²) in [6, 6.07) is 4.39. The van der Waals surface area contributed by atoms with Gasteiger partial charge in [0.05, 0.1) is 10.7 Å². The fourth-order valence-corrected chi connectivity index (χ4v) is 2.17. The first kappa shape index (κ1) is 11.9.